The first-order valence-corrected chi connectivity index (χ1v) is 9.93. The number of hydrogen-bond acceptors (Lipinski definition) is 5. The summed E-state index contributed by atoms with van der Waals surface area (Å²) in [6, 6.07) is 13.0. The van der Waals surface area contributed by atoms with Crippen molar-refractivity contribution in [3.8, 4) is 11.5 Å². The van der Waals surface area contributed by atoms with Gasteiger partial charge in [0.1, 0.15) is 11.5 Å². The molecule has 0 fully saturated rings. The molecular weight excluding hydrogens is 430 g/mol. The summed E-state index contributed by atoms with van der Waals surface area (Å²) in [6.45, 7) is 0.957. The standard InChI is InChI=1S/C24H23N3O4.ClH/c1-27(2,3)10-9-26-23(30)19-6-4-5-15-11-17(13-20(22(15)19)24(26)31)25-14-16-12-18(28)7-8-21(16)29;/h4-8,11-14H,9-10H2,1-3H3,(H-,25,28,29);1H. The van der Waals surface area contributed by atoms with Gasteiger partial charge in [-0.1, -0.05) is 12.1 Å². The average molecular weight is 454 g/mol. The number of phenols is 2. The van der Waals surface area contributed by atoms with Crippen molar-refractivity contribution in [2.45, 2.75) is 0 Å². The Hall–Kier alpha value is -3.42. The monoisotopic (exact) mass is 453 g/mol. The van der Waals surface area contributed by atoms with E-state index in [4.69, 9.17) is 0 Å². The van der Waals surface area contributed by atoms with E-state index in [1.54, 1.807) is 24.3 Å². The number of nitrogens with zero attached hydrogens (tertiary/aromatic N) is 3. The molecule has 0 saturated heterocycles. The fourth-order valence-corrected chi connectivity index (χ4v) is 3.61. The Morgan fingerprint density at radius 3 is 2.41 bits per heavy atom. The fraction of sp³-hybridized carbons (Fsp3) is 0.208. The van der Waals surface area contributed by atoms with Gasteiger partial charge in [-0.2, -0.15) is 0 Å². The van der Waals surface area contributed by atoms with Gasteiger partial charge >= 0.3 is 0 Å². The van der Waals surface area contributed by atoms with E-state index in [1.807, 2.05) is 27.2 Å². The van der Waals surface area contributed by atoms with Crippen LogP contribution in [0.4, 0.5) is 5.69 Å². The van der Waals surface area contributed by atoms with Crippen molar-refractivity contribution in [3.05, 3.63) is 65.2 Å². The van der Waals surface area contributed by atoms with Crippen LogP contribution >= 0.6 is 0 Å². The Morgan fingerprint density at radius 1 is 0.969 bits per heavy atom. The van der Waals surface area contributed by atoms with Crippen molar-refractivity contribution in [3.63, 3.8) is 0 Å². The van der Waals surface area contributed by atoms with E-state index in [0.29, 0.717) is 45.3 Å². The van der Waals surface area contributed by atoms with Gasteiger partial charge in [-0.3, -0.25) is 19.5 Å². The van der Waals surface area contributed by atoms with Crippen molar-refractivity contribution < 1.29 is 36.7 Å². The Balaban J connectivity index is 0.00000289. The van der Waals surface area contributed by atoms with Gasteiger partial charge in [0.25, 0.3) is 11.8 Å². The number of benzene rings is 3. The number of aliphatic imine (C=N–C) groups is 1. The highest BCUT2D eigenvalue weighted by atomic mass is 35.5. The van der Waals surface area contributed by atoms with Crippen molar-refractivity contribution in [2.24, 2.45) is 4.99 Å². The topological polar surface area (TPSA) is 90.2 Å². The summed E-state index contributed by atoms with van der Waals surface area (Å²) in [6.07, 6.45) is 1.43. The van der Waals surface area contributed by atoms with Crippen LogP contribution in [-0.4, -0.2) is 71.9 Å². The summed E-state index contributed by atoms with van der Waals surface area (Å²) in [7, 11) is 6.03. The molecule has 2 N–H and O–H groups in total. The first-order chi connectivity index (χ1) is 14.6. The van der Waals surface area contributed by atoms with Gasteiger partial charge in [0.15, 0.2) is 0 Å². The molecule has 0 aliphatic carbocycles. The van der Waals surface area contributed by atoms with Gasteiger partial charge in [0.2, 0.25) is 0 Å². The van der Waals surface area contributed by atoms with Crippen LogP contribution in [0.3, 0.4) is 0 Å². The van der Waals surface area contributed by atoms with Crippen LogP contribution in [0.25, 0.3) is 10.8 Å². The van der Waals surface area contributed by atoms with E-state index in [2.05, 4.69) is 4.99 Å². The molecule has 4 rings (SSSR count). The number of halogens is 1. The lowest BCUT2D eigenvalue weighted by Crippen LogP contribution is -3.00. The molecule has 3 aromatic rings. The Kier molecular flexibility index (Phi) is 6.25. The third-order valence-corrected chi connectivity index (χ3v) is 5.27. The smallest absolute Gasteiger partial charge is 0.261 e. The number of aromatic hydroxyl groups is 2. The maximum Gasteiger partial charge on any atom is 0.261 e. The van der Waals surface area contributed by atoms with Gasteiger partial charge < -0.3 is 27.1 Å². The molecule has 0 saturated carbocycles. The Morgan fingerprint density at radius 2 is 1.69 bits per heavy atom. The molecule has 0 atom stereocenters. The van der Waals surface area contributed by atoms with Gasteiger partial charge in [-0.15, -0.1) is 0 Å². The maximum atomic E-state index is 13.2. The predicted octanol–water partition coefficient (Wildman–Crippen LogP) is 0.308. The molecule has 0 spiro atoms. The number of carbonyl (C=O) groups excluding carboxylic acids is 2. The quantitative estimate of drug-likeness (QED) is 0.252. The summed E-state index contributed by atoms with van der Waals surface area (Å²) in [5, 5.41) is 21.0. The van der Waals surface area contributed by atoms with E-state index < -0.39 is 0 Å². The maximum absolute atomic E-state index is 13.2. The molecule has 1 aliphatic heterocycles. The zero-order valence-electron chi connectivity index (χ0n) is 18.0. The molecule has 0 radical (unpaired) electrons. The normalized spacial score (nSPS) is 13.7. The van der Waals surface area contributed by atoms with E-state index in [1.165, 1.54) is 29.3 Å². The summed E-state index contributed by atoms with van der Waals surface area (Å²) in [5.74, 6) is -0.616. The average Bonchev–Trinajstić information content (AvgIpc) is 2.71. The highest BCUT2D eigenvalue weighted by molar-refractivity contribution is 6.26. The zero-order chi connectivity index (χ0) is 22.3. The van der Waals surface area contributed by atoms with Crippen molar-refractivity contribution in [1.82, 2.24) is 4.90 Å². The van der Waals surface area contributed by atoms with Crippen LogP contribution in [0.1, 0.15) is 26.3 Å². The summed E-state index contributed by atoms with van der Waals surface area (Å²) in [4.78, 5) is 31.9. The van der Waals surface area contributed by atoms with Crippen LogP contribution < -0.4 is 12.4 Å². The second-order valence-electron chi connectivity index (χ2n) is 8.67. The number of quaternary nitrogens is 1. The van der Waals surface area contributed by atoms with Crippen LogP contribution in [0.15, 0.2) is 53.5 Å². The molecule has 1 heterocycles. The molecule has 166 valence electrons. The molecule has 2 amide bonds. The van der Waals surface area contributed by atoms with E-state index >= 15 is 0 Å². The minimum absolute atomic E-state index is 0. The van der Waals surface area contributed by atoms with Crippen LogP contribution in [0.2, 0.25) is 0 Å². The van der Waals surface area contributed by atoms with Crippen LogP contribution in [0.5, 0.6) is 11.5 Å². The lowest BCUT2D eigenvalue weighted by atomic mass is 9.93. The minimum atomic E-state index is -0.334. The number of likely N-dealkylation sites (N-methyl/N-ethyl adjacent to an activating group) is 1. The molecule has 1 aliphatic rings. The van der Waals surface area contributed by atoms with Crippen LogP contribution in [-0.2, 0) is 0 Å². The third kappa shape index (κ3) is 4.44. The molecule has 7 nitrogen and oxygen atoms in total. The molecule has 0 aromatic heterocycles. The number of phenolic OH excluding ortho intramolecular Hbond substituents is 2. The fourth-order valence-electron chi connectivity index (χ4n) is 3.61. The van der Waals surface area contributed by atoms with Gasteiger partial charge in [-0.25, -0.2) is 0 Å². The zero-order valence-corrected chi connectivity index (χ0v) is 18.8. The summed E-state index contributed by atoms with van der Waals surface area (Å²) >= 11 is 0. The SMILES string of the molecule is C[N+](C)(C)CCN1C(=O)c2cccc3cc(N=Cc4cc(O)ccc4O)cc(c23)C1=O.[Cl-]. The second kappa shape index (κ2) is 8.61. The second-order valence-corrected chi connectivity index (χ2v) is 8.67. The molecule has 0 unspecified atom stereocenters. The molecule has 32 heavy (non-hydrogen) atoms. The van der Waals surface area contributed by atoms with E-state index in [9.17, 15) is 19.8 Å². The van der Waals surface area contributed by atoms with Crippen molar-refractivity contribution >= 4 is 34.5 Å². The molecule has 8 heteroatoms. The summed E-state index contributed by atoms with van der Waals surface area (Å²) < 4.78 is 0.631. The summed E-state index contributed by atoms with van der Waals surface area (Å²) in [5.41, 5.74) is 1.81. The lowest BCUT2D eigenvalue weighted by molar-refractivity contribution is -0.869. The predicted molar refractivity (Wildman–Crippen MR) is 119 cm³/mol. The Bertz CT molecular complexity index is 1250. The molecule has 3 aromatic carbocycles. The molecular formula is C24H24ClN3O4. The highest BCUT2D eigenvalue weighted by Crippen LogP contribution is 2.34. The first kappa shape index (κ1) is 23.2. The number of amides is 2. The number of hydrogen-bond donors (Lipinski definition) is 2. The molecule has 0 bridgehead atoms. The van der Waals surface area contributed by atoms with E-state index in [0.717, 1.165) is 5.39 Å². The minimum Gasteiger partial charge on any atom is -1.00 e. The Labute approximate surface area is 192 Å². The van der Waals surface area contributed by atoms with Gasteiger partial charge in [0, 0.05) is 22.7 Å². The van der Waals surface area contributed by atoms with Crippen molar-refractivity contribution in [1.29, 1.82) is 0 Å². The first-order valence-electron chi connectivity index (χ1n) is 9.93. The van der Waals surface area contributed by atoms with Gasteiger partial charge in [-0.05, 0) is 41.8 Å². The lowest BCUT2D eigenvalue weighted by Gasteiger charge is -2.31. The van der Waals surface area contributed by atoms with Crippen molar-refractivity contribution in [2.75, 3.05) is 34.2 Å². The number of carbonyl (C=O) groups is 2. The highest BCUT2D eigenvalue weighted by Gasteiger charge is 2.33. The number of rotatable bonds is 5. The third-order valence-electron chi connectivity index (χ3n) is 5.27. The largest absolute Gasteiger partial charge is 1.00 e. The van der Waals surface area contributed by atoms with E-state index in [-0.39, 0.29) is 35.7 Å². The van der Waals surface area contributed by atoms with Gasteiger partial charge in [0.05, 0.1) is 45.5 Å². The number of imide groups is 1. The van der Waals surface area contributed by atoms with Crippen LogP contribution in [0, 0.1) is 0 Å².